The van der Waals surface area contributed by atoms with Crippen LogP contribution >= 0.6 is 35.1 Å². The van der Waals surface area contributed by atoms with E-state index in [1.54, 1.807) is 0 Å². The first-order valence-corrected chi connectivity index (χ1v) is 12.3. The first-order valence-electron chi connectivity index (χ1n) is 7.44. The molecule has 2 rings (SSSR count). The molecule has 1 aromatic heterocycles. The zero-order valence-electron chi connectivity index (χ0n) is 14.4. The highest BCUT2D eigenvalue weighted by atomic mass is 35.5. The van der Waals surface area contributed by atoms with Crippen LogP contribution in [-0.4, -0.2) is 46.7 Å². The highest BCUT2D eigenvalue weighted by molar-refractivity contribution is 7.66. The van der Waals surface area contributed by atoms with Gasteiger partial charge in [0.2, 0.25) is 0 Å². The first-order chi connectivity index (χ1) is 13.0. The Balaban J connectivity index is 2.05. The van der Waals surface area contributed by atoms with Crippen molar-refractivity contribution in [1.29, 1.82) is 0 Å². The third-order valence-corrected chi connectivity index (χ3v) is 7.55. The Hall–Kier alpha value is -0.660. The van der Waals surface area contributed by atoms with E-state index in [1.807, 2.05) is 4.98 Å². The molecule has 0 radical (unpaired) electrons. The summed E-state index contributed by atoms with van der Waals surface area (Å²) in [6, 6.07) is 1.05. The van der Waals surface area contributed by atoms with Gasteiger partial charge in [-0.3, -0.25) is 18.9 Å². The predicted octanol–water partition coefficient (Wildman–Crippen LogP) is 0.165. The number of rotatable bonds is 8. The third kappa shape index (κ3) is 7.21. The molecule has 29 heavy (non-hydrogen) atoms. The van der Waals surface area contributed by atoms with Gasteiger partial charge in [-0.05, 0) is 13.3 Å². The number of ether oxygens (including phenoxy) is 1. The van der Waals surface area contributed by atoms with Crippen LogP contribution in [0, 0.1) is 0 Å². The molecule has 1 fully saturated rings. The van der Waals surface area contributed by atoms with Gasteiger partial charge in [-0.2, -0.15) is 8.62 Å². The van der Waals surface area contributed by atoms with Crippen LogP contribution in [0.1, 0.15) is 19.6 Å². The number of nitrogens with zero attached hydrogens (tertiary/aromatic N) is 1. The van der Waals surface area contributed by atoms with E-state index in [-0.39, 0.29) is 6.42 Å². The molecular weight excluding hydrogens is 484 g/mol. The molecule has 0 saturated carbocycles. The molecule has 15 nitrogen and oxygen atoms in total. The van der Waals surface area contributed by atoms with E-state index in [0.717, 1.165) is 16.8 Å². The number of aromatic amines is 1. The van der Waals surface area contributed by atoms with Crippen molar-refractivity contribution in [2.45, 2.75) is 30.6 Å². The topological polar surface area (TPSA) is 224 Å². The highest BCUT2D eigenvalue weighted by Gasteiger charge is 2.47. The molecule has 1 aliphatic heterocycles. The summed E-state index contributed by atoms with van der Waals surface area (Å²) in [6.45, 7) is 0.766. The van der Waals surface area contributed by atoms with E-state index in [4.69, 9.17) is 31.0 Å². The minimum absolute atomic E-state index is 0.0272. The summed E-state index contributed by atoms with van der Waals surface area (Å²) < 4.78 is 51.7. The average Bonchev–Trinajstić information content (AvgIpc) is 2.76. The lowest BCUT2D eigenvalue weighted by molar-refractivity contribution is -0.0301. The van der Waals surface area contributed by atoms with Crippen molar-refractivity contribution < 1.29 is 51.2 Å². The molecule has 19 heteroatoms. The maximum absolute atomic E-state index is 11.9. The number of phosphoric acid groups is 3. The van der Waals surface area contributed by atoms with Gasteiger partial charge in [0.15, 0.2) is 6.23 Å². The Morgan fingerprint density at radius 3 is 2.41 bits per heavy atom. The molecule has 5 unspecified atom stereocenters. The quantitative estimate of drug-likeness (QED) is 0.237. The number of aromatic nitrogens is 2. The van der Waals surface area contributed by atoms with Crippen LogP contribution in [0.5, 0.6) is 0 Å². The fraction of sp³-hybridized carbons (Fsp3) is 0.600. The summed E-state index contributed by atoms with van der Waals surface area (Å²) in [4.78, 5) is 59.3. The summed E-state index contributed by atoms with van der Waals surface area (Å²) >= 11 is 6.32. The van der Waals surface area contributed by atoms with E-state index < -0.39 is 58.5 Å². The van der Waals surface area contributed by atoms with Gasteiger partial charge in [-0.25, -0.2) is 18.5 Å². The van der Waals surface area contributed by atoms with Crippen molar-refractivity contribution in [2.75, 3.05) is 6.61 Å². The lowest BCUT2D eigenvalue weighted by Gasteiger charge is -2.24. The standard InChI is InChI=1S/C10H16ClN2O13P3/c1-10(11)4-6(24-8(10)13-3-2-7(14)12-9(13)15)5-23-28(19,20)26-29(21,22)25-27(16,17)18/h2-3,6,8H,4-5H2,1H3,(H,19,20)(H,21,22)(H,12,14,15)(H2,16,17,18). The van der Waals surface area contributed by atoms with E-state index in [0.29, 0.717) is 0 Å². The molecule has 5 N–H and O–H groups in total. The molecule has 1 aromatic rings. The van der Waals surface area contributed by atoms with Crippen molar-refractivity contribution in [3.05, 3.63) is 33.1 Å². The summed E-state index contributed by atoms with van der Waals surface area (Å²) in [5, 5.41) is 0. The van der Waals surface area contributed by atoms with E-state index in [2.05, 4.69) is 13.1 Å². The van der Waals surface area contributed by atoms with Crippen molar-refractivity contribution in [3.63, 3.8) is 0 Å². The number of nitrogens with one attached hydrogen (secondary N) is 1. The molecule has 5 atom stereocenters. The van der Waals surface area contributed by atoms with E-state index >= 15 is 0 Å². The molecule has 0 amide bonds. The van der Waals surface area contributed by atoms with E-state index in [9.17, 15) is 28.2 Å². The third-order valence-electron chi connectivity index (χ3n) is 3.41. The van der Waals surface area contributed by atoms with Gasteiger partial charge in [-0.1, -0.05) is 0 Å². The minimum Gasteiger partial charge on any atom is -0.350 e. The van der Waals surface area contributed by atoms with Gasteiger partial charge in [0.1, 0.15) is 0 Å². The van der Waals surface area contributed by atoms with Crippen molar-refractivity contribution in [1.82, 2.24) is 9.55 Å². The van der Waals surface area contributed by atoms with Crippen LogP contribution in [-0.2, 0) is 31.6 Å². The van der Waals surface area contributed by atoms with Crippen LogP contribution in [0.3, 0.4) is 0 Å². The van der Waals surface area contributed by atoms with Crippen LogP contribution in [0.25, 0.3) is 0 Å². The fourth-order valence-electron chi connectivity index (χ4n) is 2.46. The van der Waals surface area contributed by atoms with E-state index in [1.165, 1.54) is 6.92 Å². The molecule has 2 heterocycles. The highest BCUT2D eigenvalue weighted by Crippen LogP contribution is 2.66. The molecule has 0 aliphatic carbocycles. The van der Waals surface area contributed by atoms with Crippen LogP contribution in [0.15, 0.2) is 21.9 Å². The molecule has 1 aliphatic rings. The van der Waals surface area contributed by atoms with Gasteiger partial charge in [0.05, 0.1) is 17.6 Å². The first kappa shape index (κ1) is 24.6. The maximum atomic E-state index is 11.9. The average molecular weight is 501 g/mol. The van der Waals surface area contributed by atoms with Crippen molar-refractivity contribution in [2.24, 2.45) is 0 Å². The maximum Gasteiger partial charge on any atom is 0.490 e. The second-order valence-electron chi connectivity index (χ2n) is 6.00. The summed E-state index contributed by atoms with van der Waals surface area (Å²) in [5.41, 5.74) is -1.47. The lowest BCUT2D eigenvalue weighted by Crippen LogP contribution is -2.37. The molecular formula is C10H16ClN2O13P3. The number of hydrogen-bond acceptors (Lipinski definition) is 9. The van der Waals surface area contributed by atoms with Crippen LogP contribution < -0.4 is 11.2 Å². The predicted molar refractivity (Wildman–Crippen MR) is 93.9 cm³/mol. The summed E-state index contributed by atoms with van der Waals surface area (Å²) in [5.74, 6) is 0. The Bertz CT molecular complexity index is 1010. The number of hydrogen-bond donors (Lipinski definition) is 5. The second kappa shape index (κ2) is 8.46. The SMILES string of the molecule is CC1(Cl)CC(COP(=O)(O)OP(=O)(O)OP(=O)(O)O)OC1n1ccc(=O)[nH]c1=O. The van der Waals surface area contributed by atoms with Gasteiger partial charge < -0.3 is 24.3 Å². The number of halogens is 1. The second-order valence-corrected chi connectivity index (χ2v) is 11.3. The molecule has 0 bridgehead atoms. The van der Waals surface area contributed by atoms with Crippen molar-refractivity contribution in [3.8, 4) is 0 Å². The zero-order valence-corrected chi connectivity index (χ0v) is 17.8. The smallest absolute Gasteiger partial charge is 0.350 e. The summed E-state index contributed by atoms with van der Waals surface area (Å²) in [7, 11) is -16.5. The number of H-pyrrole nitrogens is 1. The van der Waals surface area contributed by atoms with Gasteiger partial charge in [-0.15, -0.1) is 11.6 Å². The minimum atomic E-state index is -5.64. The van der Waals surface area contributed by atoms with Gasteiger partial charge >= 0.3 is 29.2 Å². The van der Waals surface area contributed by atoms with Crippen LogP contribution in [0.2, 0.25) is 0 Å². The van der Waals surface area contributed by atoms with Gasteiger partial charge in [0, 0.05) is 12.3 Å². The monoisotopic (exact) mass is 500 g/mol. The Morgan fingerprint density at radius 1 is 1.24 bits per heavy atom. The normalized spacial score (nSPS) is 29.3. The lowest BCUT2D eigenvalue weighted by atomic mass is 10.1. The molecule has 1 saturated heterocycles. The van der Waals surface area contributed by atoms with Crippen LogP contribution in [0.4, 0.5) is 0 Å². The Kier molecular flexibility index (Phi) is 7.18. The Morgan fingerprint density at radius 2 is 1.86 bits per heavy atom. The molecule has 0 aromatic carbocycles. The number of phosphoric ester groups is 1. The largest absolute Gasteiger partial charge is 0.490 e. The zero-order chi connectivity index (χ0) is 22.3. The molecule has 166 valence electrons. The summed E-state index contributed by atoms with van der Waals surface area (Å²) in [6.07, 6.45) is -1.01. The fourth-order valence-corrected chi connectivity index (χ4v) is 5.84. The molecule has 0 spiro atoms. The van der Waals surface area contributed by atoms with Crippen molar-refractivity contribution >= 4 is 35.1 Å². The van der Waals surface area contributed by atoms with Gasteiger partial charge in [0.25, 0.3) is 5.56 Å². The Labute approximate surface area is 166 Å². The number of alkyl halides is 1.